The van der Waals surface area contributed by atoms with Gasteiger partial charge in [0.25, 0.3) is 0 Å². The standard InChI is InChI=1S/C13H28N2S/c1-4-6-13(3,11-14-5-2)12-15-7-9-16-10-8-15/h14H,4-12H2,1-3H3. The molecule has 1 fully saturated rings. The Hall–Kier alpha value is 0.270. The van der Waals surface area contributed by atoms with E-state index < -0.39 is 0 Å². The Labute approximate surface area is 106 Å². The van der Waals surface area contributed by atoms with Crippen LogP contribution in [0.15, 0.2) is 0 Å². The van der Waals surface area contributed by atoms with Crippen molar-refractivity contribution >= 4 is 11.8 Å². The number of nitrogens with one attached hydrogen (secondary N) is 1. The van der Waals surface area contributed by atoms with Crippen LogP contribution in [-0.2, 0) is 0 Å². The summed E-state index contributed by atoms with van der Waals surface area (Å²) in [6, 6.07) is 0. The maximum Gasteiger partial charge on any atom is 0.00729 e. The van der Waals surface area contributed by atoms with Gasteiger partial charge in [-0.3, -0.25) is 0 Å². The SMILES string of the molecule is CCCC(C)(CNCC)CN1CCSCC1. The number of rotatable bonds is 7. The largest absolute Gasteiger partial charge is 0.316 e. The summed E-state index contributed by atoms with van der Waals surface area (Å²) in [5, 5.41) is 3.53. The Morgan fingerprint density at radius 1 is 1.25 bits per heavy atom. The minimum atomic E-state index is 0.465. The Bertz CT molecular complexity index is 181. The van der Waals surface area contributed by atoms with Gasteiger partial charge in [0.05, 0.1) is 0 Å². The van der Waals surface area contributed by atoms with Crippen LogP contribution in [-0.4, -0.2) is 49.1 Å². The van der Waals surface area contributed by atoms with Crippen molar-refractivity contribution in [3.8, 4) is 0 Å². The van der Waals surface area contributed by atoms with Gasteiger partial charge in [-0.1, -0.05) is 27.2 Å². The van der Waals surface area contributed by atoms with Gasteiger partial charge in [-0.2, -0.15) is 11.8 Å². The average molecular weight is 244 g/mol. The lowest BCUT2D eigenvalue weighted by atomic mass is 9.84. The van der Waals surface area contributed by atoms with Gasteiger partial charge in [0.1, 0.15) is 0 Å². The maximum absolute atomic E-state index is 3.53. The van der Waals surface area contributed by atoms with Gasteiger partial charge >= 0.3 is 0 Å². The molecule has 0 aliphatic carbocycles. The summed E-state index contributed by atoms with van der Waals surface area (Å²) in [6.07, 6.45) is 2.63. The van der Waals surface area contributed by atoms with Crippen LogP contribution in [0.4, 0.5) is 0 Å². The molecule has 1 rings (SSSR count). The third-order valence-corrected chi connectivity index (χ3v) is 4.31. The average Bonchev–Trinajstić information content (AvgIpc) is 2.28. The number of nitrogens with zero attached hydrogens (tertiary/aromatic N) is 1. The van der Waals surface area contributed by atoms with Gasteiger partial charge in [-0.05, 0) is 18.4 Å². The van der Waals surface area contributed by atoms with E-state index in [1.54, 1.807) is 0 Å². The van der Waals surface area contributed by atoms with E-state index in [1.165, 1.54) is 50.5 Å². The Morgan fingerprint density at radius 3 is 2.50 bits per heavy atom. The molecule has 1 atom stereocenters. The second-order valence-corrected chi connectivity index (χ2v) is 6.45. The molecule has 1 aliphatic heterocycles. The number of hydrogen-bond donors (Lipinski definition) is 1. The molecule has 0 radical (unpaired) electrons. The molecule has 2 nitrogen and oxygen atoms in total. The van der Waals surface area contributed by atoms with E-state index in [9.17, 15) is 0 Å². The van der Waals surface area contributed by atoms with Gasteiger partial charge < -0.3 is 10.2 Å². The molecule has 0 saturated carbocycles. The molecular formula is C13H28N2S. The first-order valence-corrected chi connectivity index (χ1v) is 7.86. The summed E-state index contributed by atoms with van der Waals surface area (Å²) >= 11 is 2.10. The van der Waals surface area contributed by atoms with Gasteiger partial charge in [-0.25, -0.2) is 0 Å². The molecule has 1 unspecified atom stereocenters. The van der Waals surface area contributed by atoms with Crippen molar-refractivity contribution in [1.82, 2.24) is 10.2 Å². The molecule has 0 aromatic heterocycles. The lowest BCUT2D eigenvalue weighted by Gasteiger charge is -2.37. The van der Waals surface area contributed by atoms with Crippen LogP contribution in [0.1, 0.15) is 33.6 Å². The first kappa shape index (κ1) is 14.3. The molecule has 0 bridgehead atoms. The van der Waals surface area contributed by atoms with Crippen molar-refractivity contribution in [3.05, 3.63) is 0 Å². The Kier molecular flexibility index (Phi) is 6.78. The fraction of sp³-hybridized carbons (Fsp3) is 1.00. The molecule has 0 amide bonds. The molecule has 0 spiro atoms. The molecule has 0 aromatic rings. The van der Waals surface area contributed by atoms with Crippen molar-refractivity contribution in [1.29, 1.82) is 0 Å². The van der Waals surface area contributed by atoms with E-state index in [0.29, 0.717) is 5.41 Å². The maximum atomic E-state index is 3.53. The summed E-state index contributed by atoms with van der Waals surface area (Å²) in [6.45, 7) is 13.1. The minimum Gasteiger partial charge on any atom is -0.316 e. The first-order chi connectivity index (χ1) is 7.70. The van der Waals surface area contributed by atoms with Gasteiger partial charge in [0, 0.05) is 37.7 Å². The third-order valence-electron chi connectivity index (χ3n) is 3.36. The molecule has 1 aliphatic rings. The third kappa shape index (κ3) is 5.07. The first-order valence-electron chi connectivity index (χ1n) is 6.71. The summed E-state index contributed by atoms with van der Waals surface area (Å²) in [5.74, 6) is 2.65. The molecule has 3 heteroatoms. The van der Waals surface area contributed by atoms with Crippen molar-refractivity contribution in [2.75, 3.05) is 44.2 Å². The molecule has 1 heterocycles. The second-order valence-electron chi connectivity index (χ2n) is 5.23. The zero-order chi connectivity index (χ0) is 11.9. The van der Waals surface area contributed by atoms with Crippen molar-refractivity contribution in [3.63, 3.8) is 0 Å². The summed E-state index contributed by atoms with van der Waals surface area (Å²) < 4.78 is 0. The normalized spacial score (nSPS) is 21.9. The number of thioether (sulfide) groups is 1. The van der Waals surface area contributed by atoms with Crippen LogP contribution in [0.2, 0.25) is 0 Å². The smallest absolute Gasteiger partial charge is 0.00729 e. The highest BCUT2D eigenvalue weighted by Gasteiger charge is 2.26. The molecule has 0 aromatic carbocycles. The quantitative estimate of drug-likeness (QED) is 0.740. The fourth-order valence-electron chi connectivity index (χ4n) is 2.55. The molecule has 1 N–H and O–H groups in total. The second kappa shape index (κ2) is 7.57. The predicted molar refractivity (Wildman–Crippen MR) is 75.3 cm³/mol. The van der Waals surface area contributed by atoms with Crippen LogP contribution in [0.5, 0.6) is 0 Å². The van der Waals surface area contributed by atoms with Crippen molar-refractivity contribution in [2.45, 2.75) is 33.6 Å². The minimum absolute atomic E-state index is 0.465. The predicted octanol–water partition coefficient (Wildman–Crippen LogP) is 2.45. The zero-order valence-corrected chi connectivity index (χ0v) is 12.0. The van der Waals surface area contributed by atoms with E-state index in [-0.39, 0.29) is 0 Å². The van der Waals surface area contributed by atoms with E-state index in [2.05, 4.69) is 42.7 Å². The van der Waals surface area contributed by atoms with Gasteiger partial charge in [0.2, 0.25) is 0 Å². The lowest BCUT2D eigenvalue weighted by molar-refractivity contribution is 0.160. The van der Waals surface area contributed by atoms with Crippen LogP contribution in [0, 0.1) is 5.41 Å². The summed E-state index contributed by atoms with van der Waals surface area (Å²) in [4.78, 5) is 2.66. The molecule has 96 valence electrons. The van der Waals surface area contributed by atoms with Crippen molar-refractivity contribution < 1.29 is 0 Å². The van der Waals surface area contributed by atoms with Gasteiger partial charge in [0.15, 0.2) is 0 Å². The van der Waals surface area contributed by atoms with Crippen LogP contribution in [0.25, 0.3) is 0 Å². The number of hydrogen-bond acceptors (Lipinski definition) is 3. The van der Waals surface area contributed by atoms with Gasteiger partial charge in [-0.15, -0.1) is 0 Å². The summed E-state index contributed by atoms with van der Waals surface area (Å²) in [5.41, 5.74) is 0.465. The van der Waals surface area contributed by atoms with E-state index in [1.807, 2.05) is 0 Å². The highest BCUT2D eigenvalue weighted by atomic mass is 32.2. The van der Waals surface area contributed by atoms with Crippen LogP contribution < -0.4 is 5.32 Å². The van der Waals surface area contributed by atoms with E-state index in [4.69, 9.17) is 0 Å². The Balaban J connectivity index is 2.40. The highest BCUT2D eigenvalue weighted by Crippen LogP contribution is 2.25. The van der Waals surface area contributed by atoms with Crippen LogP contribution in [0.3, 0.4) is 0 Å². The lowest BCUT2D eigenvalue weighted by Crippen LogP contribution is -2.45. The molecule has 1 saturated heterocycles. The molecule has 16 heavy (non-hydrogen) atoms. The fourth-order valence-corrected chi connectivity index (χ4v) is 3.53. The highest BCUT2D eigenvalue weighted by molar-refractivity contribution is 7.99. The van der Waals surface area contributed by atoms with E-state index >= 15 is 0 Å². The molecular weight excluding hydrogens is 216 g/mol. The summed E-state index contributed by atoms with van der Waals surface area (Å²) in [7, 11) is 0. The zero-order valence-electron chi connectivity index (χ0n) is 11.2. The van der Waals surface area contributed by atoms with Crippen LogP contribution >= 0.6 is 11.8 Å². The van der Waals surface area contributed by atoms with E-state index in [0.717, 1.165) is 6.54 Å². The Morgan fingerprint density at radius 2 is 1.94 bits per heavy atom. The van der Waals surface area contributed by atoms with Crippen molar-refractivity contribution in [2.24, 2.45) is 5.41 Å². The monoisotopic (exact) mass is 244 g/mol. The topological polar surface area (TPSA) is 15.3 Å².